The van der Waals surface area contributed by atoms with E-state index < -0.39 is 5.97 Å². The summed E-state index contributed by atoms with van der Waals surface area (Å²) >= 11 is 0. The molecule has 1 heterocycles. The highest BCUT2D eigenvalue weighted by Crippen LogP contribution is 2.25. The van der Waals surface area contributed by atoms with Crippen molar-refractivity contribution in [3.8, 4) is 12.1 Å². The minimum absolute atomic E-state index is 0.0341. The number of anilines is 1. The predicted octanol–water partition coefficient (Wildman–Crippen LogP) is 1.79. The number of nitrogens with zero attached hydrogens (tertiary/aromatic N) is 4. The van der Waals surface area contributed by atoms with Crippen molar-refractivity contribution in [1.82, 2.24) is 4.98 Å². The normalized spacial score (nSPS) is 9.70. The minimum atomic E-state index is -1.15. The molecule has 6 heteroatoms. The molecular weight excluding hydrogens is 256 g/mol. The van der Waals surface area contributed by atoms with Crippen LogP contribution in [-0.2, 0) is 0 Å². The van der Waals surface area contributed by atoms with Crippen LogP contribution in [0.3, 0.4) is 0 Å². The second-order valence-electron chi connectivity index (χ2n) is 4.03. The van der Waals surface area contributed by atoms with Gasteiger partial charge in [0.2, 0.25) is 0 Å². The molecule has 20 heavy (non-hydrogen) atoms. The van der Waals surface area contributed by atoms with E-state index in [9.17, 15) is 4.79 Å². The van der Waals surface area contributed by atoms with Crippen molar-refractivity contribution in [3.63, 3.8) is 0 Å². The molecule has 0 amide bonds. The van der Waals surface area contributed by atoms with E-state index in [1.807, 2.05) is 12.1 Å². The van der Waals surface area contributed by atoms with Crippen molar-refractivity contribution < 1.29 is 9.90 Å². The Labute approximate surface area is 115 Å². The van der Waals surface area contributed by atoms with Crippen LogP contribution in [0.25, 0.3) is 10.8 Å². The Bertz CT molecular complexity index is 727. The van der Waals surface area contributed by atoms with Gasteiger partial charge >= 0.3 is 5.97 Å². The number of pyridine rings is 1. The van der Waals surface area contributed by atoms with Crippen LogP contribution in [0.2, 0.25) is 0 Å². The molecule has 2 aromatic rings. The first-order valence-electron chi connectivity index (χ1n) is 5.79. The Balaban J connectivity index is 2.68. The Hall–Kier alpha value is -3.12. The first kappa shape index (κ1) is 13.3. The molecule has 1 aromatic heterocycles. The molecule has 1 aromatic carbocycles. The maximum atomic E-state index is 11.1. The van der Waals surface area contributed by atoms with Gasteiger partial charge in [0.15, 0.2) is 5.69 Å². The third-order valence-electron chi connectivity index (χ3n) is 2.76. The fourth-order valence-electron chi connectivity index (χ4n) is 1.91. The average Bonchev–Trinajstić information content (AvgIpc) is 2.46. The third-order valence-corrected chi connectivity index (χ3v) is 2.76. The van der Waals surface area contributed by atoms with E-state index in [4.69, 9.17) is 15.6 Å². The summed E-state index contributed by atoms with van der Waals surface area (Å²) < 4.78 is 0. The molecule has 0 bridgehead atoms. The molecule has 0 unspecified atom stereocenters. The van der Waals surface area contributed by atoms with Crippen LogP contribution in [0.5, 0.6) is 0 Å². The zero-order valence-electron chi connectivity index (χ0n) is 10.4. The molecule has 0 aliphatic carbocycles. The Morgan fingerprint density at radius 1 is 1.25 bits per heavy atom. The number of carboxylic acids is 1. The number of aromatic nitrogens is 1. The number of benzene rings is 1. The number of hydrogen-bond acceptors (Lipinski definition) is 5. The van der Waals surface area contributed by atoms with Gasteiger partial charge in [-0.2, -0.15) is 10.5 Å². The number of hydrogen-bond donors (Lipinski definition) is 1. The van der Waals surface area contributed by atoms with E-state index in [1.165, 1.54) is 11.0 Å². The van der Waals surface area contributed by atoms with Gasteiger partial charge in [-0.1, -0.05) is 24.3 Å². The van der Waals surface area contributed by atoms with Gasteiger partial charge < -0.3 is 10.0 Å². The summed E-state index contributed by atoms with van der Waals surface area (Å²) in [5, 5.41) is 28.2. The van der Waals surface area contributed by atoms with Gasteiger partial charge in [-0.25, -0.2) is 9.78 Å². The molecule has 0 saturated heterocycles. The van der Waals surface area contributed by atoms with Crippen molar-refractivity contribution in [3.05, 3.63) is 36.0 Å². The van der Waals surface area contributed by atoms with Gasteiger partial charge in [-0.15, -0.1) is 0 Å². The third kappa shape index (κ3) is 2.50. The lowest BCUT2D eigenvalue weighted by molar-refractivity contribution is 0.0691. The lowest BCUT2D eigenvalue weighted by Gasteiger charge is -2.19. The van der Waals surface area contributed by atoms with Gasteiger partial charge in [0.25, 0.3) is 0 Å². The monoisotopic (exact) mass is 266 g/mol. The lowest BCUT2D eigenvalue weighted by Crippen LogP contribution is -2.25. The minimum Gasteiger partial charge on any atom is -0.477 e. The quantitative estimate of drug-likeness (QED) is 0.846. The summed E-state index contributed by atoms with van der Waals surface area (Å²) in [5.74, 6) is -0.811. The molecule has 0 saturated carbocycles. The number of aromatic carboxylic acids is 1. The highest BCUT2D eigenvalue weighted by atomic mass is 16.4. The molecule has 6 nitrogen and oxygen atoms in total. The Morgan fingerprint density at radius 3 is 2.50 bits per heavy atom. The number of fused-ring (bicyclic) bond motifs is 1. The highest BCUT2D eigenvalue weighted by Gasteiger charge is 2.15. The number of rotatable bonds is 4. The van der Waals surface area contributed by atoms with Crippen molar-refractivity contribution in [1.29, 1.82) is 10.5 Å². The van der Waals surface area contributed by atoms with Crippen LogP contribution in [0.1, 0.15) is 10.5 Å². The number of carbonyl (C=O) groups is 1. The molecule has 0 atom stereocenters. The van der Waals surface area contributed by atoms with Crippen molar-refractivity contribution in [2.75, 3.05) is 18.0 Å². The van der Waals surface area contributed by atoms with Gasteiger partial charge in [0, 0.05) is 5.39 Å². The fourth-order valence-corrected chi connectivity index (χ4v) is 1.91. The van der Waals surface area contributed by atoms with Crippen molar-refractivity contribution >= 4 is 22.6 Å². The van der Waals surface area contributed by atoms with Crippen LogP contribution in [0.15, 0.2) is 30.3 Å². The molecule has 0 aliphatic heterocycles. The standard InChI is InChI=1S/C14H10N4O2/c15-5-7-18(8-6-16)13-11-4-2-1-3-10(11)9-12(17-13)14(19)20/h1-4,9H,7-8H2,(H,19,20). The first-order valence-corrected chi connectivity index (χ1v) is 5.79. The second-order valence-corrected chi connectivity index (χ2v) is 4.03. The Morgan fingerprint density at radius 2 is 1.90 bits per heavy atom. The van der Waals surface area contributed by atoms with Gasteiger partial charge in [-0.3, -0.25) is 0 Å². The zero-order valence-corrected chi connectivity index (χ0v) is 10.4. The second kappa shape index (κ2) is 5.68. The van der Waals surface area contributed by atoms with E-state index >= 15 is 0 Å². The molecule has 98 valence electrons. The predicted molar refractivity (Wildman–Crippen MR) is 72.1 cm³/mol. The number of nitriles is 2. The molecule has 0 radical (unpaired) electrons. The smallest absolute Gasteiger partial charge is 0.354 e. The van der Waals surface area contributed by atoms with E-state index in [0.29, 0.717) is 16.6 Å². The number of carboxylic acid groups (broad SMARTS) is 1. The van der Waals surface area contributed by atoms with Crippen LogP contribution in [-0.4, -0.2) is 29.1 Å². The molecule has 0 spiro atoms. The Kier molecular flexibility index (Phi) is 3.78. The summed E-state index contributed by atoms with van der Waals surface area (Å²) in [5.41, 5.74) is -0.112. The zero-order chi connectivity index (χ0) is 14.5. The molecule has 1 N–H and O–H groups in total. The van der Waals surface area contributed by atoms with Gasteiger partial charge in [0.1, 0.15) is 18.9 Å². The van der Waals surface area contributed by atoms with E-state index in [0.717, 1.165) is 0 Å². The maximum absolute atomic E-state index is 11.1. The van der Waals surface area contributed by atoms with Crippen molar-refractivity contribution in [2.45, 2.75) is 0 Å². The fraction of sp³-hybridized carbons (Fsp3) is 0.143. The molecule has 2 rings (SSSR count). The lowest BCUT2D eigenvalue weighted by atomic mass is 10.1. The molecule has 0 aliphatic rings. The topological polar surface area (TPSA) is 101 Å². The molecular formula is C14H10N4O2. The average molecular weight is 266 g/mol. The van der Waals surface area contributed by atoms with Crippen LogP contribution in [0.4, 0.5) is 5.82 Å². The van der Waals surface area contributed by atoms with E-state index in [1.54, 1.807) is 24.3 Å². The highest BCUT2D eigenvalue weighted by molar-refractivity contribution is 5.98. The largest absolute Gasteiger partial charge is 0.477 e. The summed E-state index contributed by atoms with van der Waals surface area (Å²) in [6, 6.07) is 12.5. The van der Waals surface area contributed by atoms with E-state index in [2.05, 4.69) is 4.98 Å². The summed E-state index contributed by atoms with van der Waals surface area (Å²) in [6.45, 7) is -0.0682. The van der Waals surface area contributed by atoms with Gasteiger partial charge in [-0.05, 0) is 11.5 Å². The van der Waals surface area contributed by atoms with Crippen LogP contribution in [0, 0.1) is 22.7 Å². The first-order chi connectivity index (χ1) is 9.67. The SMILES string of the molecule is N#CCN(CC#N)c1nc(C(=O)O)cc2ccccc12. The molecule has 0 fully saturated rings. The van der Waals surface area contributed by atoms with Crippen LogP contribution < -0.4 is 4.90 Å². The maximum Gasteiger partial charge on any atom is 0.354 e. The van der Waals surface area contributed by atoms with E-state index in [-0.39, 0.29) is 18.8 Å². The van der Waals surface area contributed by atoms with Crippen molar-refractivity contribution in [2.24, 2.45) is 0 Å². The summed E-state index contributed by atoms with van der Waals surface area (Å²) in [6.07, 6.45) is 0. The van der Waals surface area contributed by atoms with Gasteiger partial charge in [0.05, 0.1) is 12.1 Å². The summed E-state index contributed by atoms with van der Waals surface area (Å²) in [4.78, 5) is 16.6. The summed E-state index contributed by atoms with van der Waals surface area (Å²) in [7, 11) is 0. The van der Waals surface area contributed by atoms with Crippen LogP contribution >= 0.6 is 0 Å².